The van der Waals surface area contributed by atoms with Crippen LogP contribution in [0.2, 0.25) is 0 Å². The Hall–Kier alpha value is -1.40. The lowest BCUT2D eigenvalue weighted by Crippen LogP contribution is -2.57. The summed E-state index contributed by atoms with van der Waals surface area (Å²) in [5.74, 6) is -0.281. The minimum atomic E-state index is -0.538. The van der Waals surface area contributed by atoms with E-state index in [2.05, 4.69) is 15.9 Å². The van der Waals surface area contributed by atoms with Gasteiger partial charge in [0, 0.05) is 4.47 Å². The van der Waals surface area contributed by atoms with E-state index in [-0.39, 0.29) is 24.0 Å². The molecule has 24 heavy (non-hydrogen) atoms. The van der Waals surface area contributed by atoms with Gasteiger partial charge in [-0.15, -0.1) is 0 Å². The zero-order valence-electron chi connectivity index (χ0n) is 14.0. The Labute approximate surface area is 149 Å². The summed E-state index contributed by atoms with van der Waals surface area (Å²) in [7, 11) is 0. The van der Waals surface area contributed by atoms with E-state index in [0.29, 0.717) is 24.1 Å². The number of ether oxygens (including phenoxy) is 2. The van der Waals surface area contributed by atoms with Crippen molar-refractivity contribution in [1.82, 2.24) is 4.90 Å². The number of carbonyl (C=O) groups is 1. The summed E-state index contributed by atoms with van der Waals surface area (Å²) >= 11 is 3.33. The van der Waals surface area contributed by atoms with Crippen molar-refractivity contribution in [3.63, 3.8) is 0 Å². The monoisotopic (exact) mass is 397 g/mol. The van der Waals surface area contributed by atoms with Gasteiger partial charge in [-0.25, -0.2) is 9.18 Å². The second kappa shape index (κ2) is 6.48. The lowest BCUT2D eigenvalue weighted by Gasteiger charge is -2.44. The number of morpholine rings is 1. The van der Waals surface area contributed by atoms with Crippen molar-refractivity contribution >= 4 is 27.6 Å². The maximum Gasteiger partial charge on any atom is 0.411 e. The number of hydrogen-bond donors (Lipinski definition) is 0. The highest BCUT2D eigenvalue weighted by molar-refractivity contribution is 9.10. The van der Waals surface area contributed by atoms with Crippen LogP contribution in [0.25, 0.3) is 5.57 Å². The molecule has 2 aliphatic heterocycles. The minimum absolute atomic E-state index is 0.0966. The first-order chi connectivity index (χ1) is 11.2. The third-order valence-corrected chi connectivity index (χ3v) is 4.49. The van der Waals surface area contributed by atoms with Crippen LogP contribution in [-0.2, 0) is 9.47 Å². The zero-order chi connectivity index (χ0) is 17.5. The number of rotatable bonds is 1. The second-order valence-electron chi connectivity index (χ2n) is 7.20. The summed E-state index contributed by atoms with van der Waals surface area (Å²) < 4.78 is 25.5. The molecule has 1 fully saturated rings. The van der Waals surface area contributed by atoms with Crippen LogP contribution in [0.5, 0.6) is 0 Å². The summed E-state index contributed by atoms with van der Waals surface area (Å²) in [6.07, 6.45) is 2.28. The summed E-state index contributed by atoms with van der Waals surface area (Å²) in [5.41, 5.74) is 1.33. The molecule has 2 bridgehead atoms. The largest absolute Gasteiger partial charge is 0.444 e. The number of halogens is 2. The minimum Gasteiger partial charge on any atom is -0.444 e. The smallest absolute Gasteiger partial charge is 0.411 e. The van der Waals surface area contributed by atoms with Crippen LogP contribution in [0.15, 0.2) is 28.7 Å². The predicted octanol–water partition coefficient (Wildman–Crippen LogP) is 4.38. The van der Waals surface area contributed by atoms with Crippen LogP contribution in [0.1, 0.15) is 32.8 Å². The number of hydrogen-bond acceptors (Lipinski definition) is 3. The number of amides is 1. The maximum absolute atomic E-state index is 13.7. The zero-order valence-corrected chi connectivity index (χ0v) is 15.6. The van der Waals surface area contributed by atoms with Crippen molar-refractivity contribution in [3.05, 3.63) is 40.1 Å². The molecule has 0 radical (unpaired) electrons. The molecule has 2 heterocycles. The van der Waals surface area contributed by atoms with Crippen LogP contribution >= 0.6 is 15.9 Å². The highest BCUT2D eigenvalue weighted by atomic mass is 79.9. The molecule has 2 aliphatic rings. The average molecular weight is 398 g/mol. The van der Waals surface area contributed by atoms with E-state index in [1.54, 1.807) is 4.90 Å². The second-order valence-corrected chi connectivity index (χ2v) is 8.12. The molecule has 1 aromatic rings. The first-order valence-electron chi connectivity index (χ1n) is 7.99. The molecule has 1 aromatic carbocycles. The maximum atomic E-state index is 13.7. The SMILES string of the molecule is CC(C)(C)OC(=O)N1C2C=C(c3cc(F)cc(Br)c3)CC1COC2. The summed E-state index contributed by atoms with van der Waals surface area (Å²) in [6.45, 7) is 6.45. The van der Waals surface area contributed by atoms with Crippen LogP contribution in [0.3, 0.4) is 0 Å². The van der Waals surface area contributed by atoms with Crippen molar-refractivity contribution in [3.8, 4) is 0 Å². The Kier molecular flexibility index (Phi) is 4.71. The molecule has 0 spiro atoms. The molecule has 0 aromatic heterocycles. The van der Waals surface area contributed by atoms with Crippen molar-refractivity contribution in [1.29, 1.82) is 0 Å². The van der Waals surface area contributed by atoms with E-state index < -0.39 is 5.60 Å². The first kappa shape index (κ1) is 17.4. The van der Waals surface area contributed by atoms with Crippen LogP contribution in [0, 0.1) is 5.82 Å². The van der Waals surface area contributed by atoms with Gasteiger partial charge in [-0.05, 0) is 56.5 Å². The van der Waals surface area contributed by atoms with E-state index in [1.807, 2.05) is 32.9 Å². The van der Waals surface area contributed by atoms with Gasteiger partial charge < -0.3 is 9.47 Å². The molecule has 2 atom stereocenters. The Morgan fingerprint density at radius 2 is 2.08 bits per heavy atom. The summed E-state index contributed by atoms with van der Waals surface area (Å²) in [5, 5.41) is 0. The number of carbonyl (C=O) groups excluding carboxylic acids is 1. The molecule has 2 unspecified atom stereocenters. The van der Waals surface area contributed by atoms with Crippen molar-refractivity contribution in [2.75, 3.05) is 13.2 Å². The van der Waals surface area contributed by atoms with E-state index in [4.69, 9.17) is 9.47 Å². The van der Waals surface area contributed by atoms with Gasteiger partial charge in [-0.2, -0.15) is 0 Å². The molecule has 6 heteroatoms. The fourth-order valence-corrected chi connectivity index (χ4v) is 3.61. The Bertz CT molecular complexity index is 663. The summed E-state index contributed by atoms with van der Waals surface area (Å²) in [6, 6.07) is 4.57. The highest BCUT2D eigenvalue weighted by Crippen LogP contribution is 2.34. The number of nitrogens with zero attached hydrogens (tertiary/aromatic N) is 1. The Balaban J connectivity index is 1.88. The van der Waals surface area contributed by atoms with Gasteiger partial charge in [-0.3, -0.25) is 4.90 Å². The van der Waals surface area contributed by atoms with E-state index in [9.17, 15) is 9.18 Å². The molecular formula is C18H21BrFNO3. The Morgan fingerprint density at radius 3 is 2.71 bits per heavy atom. The first-order valence-corrected chi connectivity index (χ1v) is 8.78. The fraction of sp³-hybridized carbons (Fsp3) is 0.500. The van der Waals surface area contributed by atoms with Gasteiger partial charge in [0.25, 0.3) is 0 Å². The van der Waals surface area contributed by atoms with Gasteiger partial charge in [0.05, 0.1) is 25.3 Å². The van der Waals surface area contributed by atoms with Gasteiger partial charge in [-0.1, -0.05) is 22.0 Å². The predicted molar refractivity (Wildman–Crippen MR) is 93.2 cm³/mol. The molecule has 4 nitrogen and oxygen atoms in total. The van der Waals surface area contributed by atoms with Gasteiger partial charge in [0.15, 0.2) is 0 Å². The molecule has 1 saturated heterocycles. The van der Waals surface area contributed by atoms with Crippen molar-refractivity contribution in [2.45, 2.75) is 44.9 Å². The Morgan fingerprint density at radius 1 is 1.33 bits per heavy atom. The van der Waals surface area contributed by atoms with Crippen LogP contribution < -0.4 is 0 Å². The molecule has 3 rings (SSSR count). The summed E-state index contributed by atoms with van der Waals surface area (Å²) in [4.78, 5) is 14.3. The molecular weight excluding hydrogens is 377 g/mol. The standard InChI is InChI=1S/C18H21BrFNO3/c1-18(2,3)24-17(22)21-15-6-12(7-16(21)10-23-9-15)11-4-13(19)8-14(20)5-11/h4-6,8,15-16H,7,9-10H2,1-3H3. The third kappa shape index (κ3) is 3.81. The lowest BCUT2D eigenvalue weighted by molar-refractivity contribution is -0.0510. The van der Waals surface area contributed by atoms with Crippen molar-refractivity contribution in [2.24, 2.45) is 0 Å². The van der Waals surface area contributed by atoms with Gasteiger partial charge in [0.1, 0.15) is 11.4 Å². The van der Waals surface area contributed by atoms with Crippen LogP contribution in [-0.4, -0.2) is 41.9 Å². The van der Waals surface area contributed by atoms with E-state index in [1.165, 1.54) is 12.1 Å². The fourth-order valence-electron chi connectivity index (χ4n) is 3.15. The van der Waals surface area contributed by atoms with Gasteiger partial charge in [0.2, 0.25) is 0 Å². The number of benzene rings is 1. The van der Waals surface area contributed by atoms with Gasteiger partial charge >= 0.3 is 6.09 Å². The van der Waals surface area contributed by atoms with E-state index >= 15 is 0 Å². The average Bonchev–Trinajstić information content (AvgIpc) is 2.42. The highest BCUT2D eigenvalue weighted by Gasteiger charge is 2.40. The molecule has 130 valence electrons. The topological polar surface area (TPSA) is 38.8 Å². The lowest BCUT2D eigenvalue weighted by atomic mass is 9.90. The van der Waals surface area contributed by atoms with E-state index in [0.717, 1.165) is 11.1 Å². The quantitative estimate of drug-likeness (QED) is 0.705. The van der Waals surface area contributed by atoms with Crippen molar-refractivity contribution < 1.29 is 18.7 Å². The normalized spacial score (nSPS) is 23.7. The van der Waals surface area contributed by atoms with Crippen LogP contribution in [0.4, 0.5) is 9.18 Å². The molecule has 0 saturated carbocycles. The molecule has 0 aliphatic carbocycles. The third-order valence-electron chi connectivity index (χ3n) is 4.04. The molecule has 0 N–H and O–H groups in total. The number of fused-ring (bicyclic) bond motifs is 2. The molecule has 1 amide bonds.